The normalized spacial score (nSPS) is 20.1. The van der Waals surface area contributed by atoms with E-state index in [1.54, 1.807) is 39.8 Å². The molecular formula is C22H21N3O4. The molecule has 2 aromatic rings. The van der Waals surface area contributed by atoms with E-state index in [9.17, 15) is 9.59 Å². The summed E-state index contributed by atoms with van der Waals surface area (Å²) in [6, 6.07) is 7.15. The van der Waals surface area contributed by atoms with Gasteiger partial charge in [-0.25, -0.2) is 4.79 Å². The van der Waals surface area contributed by atoms with E-state index in [-0.39, 0.29) is 24.0 Å². The number of nitrogens with two attached hydrogens (primary N) is 1. The standard InChI is InChI=1S/C22H21N3O4/c1-6-11-25-12(2)15(18(26)29-21(3,4)5)22(19(25)27)14-10-8-7-9-13(14)16-17(22)24-20(23)28-16/h1,7-10H,11H2,2-5H3,(H2,23,24)/t22-/m1/s1. The molecule has 2 N–H and O–H groups in total. The number of nitrogens with zero attached hydrogens (tertiary/aromatic N) is 2. The highest BCUT2D eigenvalue weighted by Gasteiger charge is 2.63. The van der Waals surface area contributed by atoms with Gasteiger partial charge in [0.1, 0.15) is 11.3 Å². The Morgan fingerprint density at radius 1 is 1.38 bits per heavy atom. The summed E-state index contributed by atoms with van der Waals surface area (Å²) in [6.45, 7) is 7.01. The topological polar surface area (TPSA) is 98.7 Å². The number of nitrogen functional groups attached to an aromatic ring is 1. The predicted octanol–water partition coefficient (Wildman–Crippen LogP) is 2.61. The highest BCUT2D eigenvalue weighted by molar-refractivity contribution is 6.14. The molecule has 1 atom stereocenters. The number of esters is 1. The number of hydrogen-bond acceptors (Lipinski definition) is 6. The molecule has 0 bridgehead atoms. The molecule has 29 heavy (non-hydrogen) atoms. The van der Waals surface area contributed by atoms with Crippen molar-refractivity contribution < 1.29 is 18.7 Å². The average molecular weight is 391 g/mol. The number of amides is 1. The molecule has 7 heteroatoms. The van der Waals surface area contributed by atoms with Crippen LogP contribution in [0.1, 0.15) is 39.0 Å². The maximum atomic E-state index is 13.8. The van der Waals surface area contributed by atoms with Crippen molar-refractivity contribution in [2.75, 3.05) is 12.3 Å². The van der Waals surface area contributed by atoms with Crippen molar-refractivity contribution >= 4 is 17.9 Å². The molecule has 2 heterocycles. The van der Waals surface area contributed by atoms with Crippen LogP contribution in [0.15, 0.2) is 40.0 Å². The highest BCUT2D eigenvalue weighted by Crippen LogP contribution is 2.57. The smallest absolute Gasteiger partial charge is 0.338 e. The third kappa shape index (κ3) is 2.42. The number of terminal acetylenes is 1. The maximum Gasteiger partial charge on any atom is 0.338 e. The zero-order valence-electron chi connectivity index (χ0n) is 16.7. The summed E-state index contributed by atoms with van der Waals surface area (Å²) >= 11 is 0. The van der Waals surface area contributed by atoms with E-state index < -0.39 is 17.0 Å². The lowest BCUT2D eigenvalue weighted by Crippen LogP contribution is -2.43. The van der Waals surface area contributed by atoms with Gasteiger partial charge in [0.25, 0.3) is 6.01 Å². The largest absolute Gasteiger partial charge is 0.457 e. The molecule has 1 aromatic carbocycles. The fourth-order valence-electron chi connectivity index (χ4n) is 4.16. The minimum atomic E-state index is -1.50. The molecule has 0 fully saturated rings. The Balaban J connectivity index is 2.06. The molecule has 7 nitrogen and oxygen atoms in total. The van der Waals surface area contributed by atoms with Crippen molar-refractivity contribution in [2.24, 2.45) is 0 Å². The number of rotatable bonds is 2. The molecule has 1 aliphatic carbocycles. The number of allylic oxidation sites excluding steroid dienone is 1. The Bertz CT molecular complexity index is 1130. The van der Waals surface area contributed by atoms with Crippen molar-refractivity contribution in [3.8, 4) is 23.7 Å². The number of carbonyl (C=O) groups excluding carboxylic acids is 2. The van der Waals surface area contributed by atoms with Gasteiger partial charge in [0.2, 0.25) is 5.91 Å². The van der Waals surface area contributed by atoms with Gasteiger partial charge in [0, 0.05) is 11.3 Å². The second-order valence-corrected chi connectivity index (χ2v) is 8.08. The monoisotopic (exact) mass is 391 g/mol. The molecule has 0 saturated heterocycles. The van der Waals surface area contributed by atoms with Gasteiger partial charge in [0.15, 0.2) is 11.2 Å². The van der Waals surface area contributed by atoms with Crippen molar-refractivity contribution in [3.63, 3.8) is 0 Å². The van der Waals surface area contributed by atoms with Gasteiger partial charge in [-0.05, 0) is 33.3 Å². The van der Waals surface area contributed by atoms with E-state index in [0.29, 0.717) is 28.3 Å². The minimum Gasteiger partial charge on any atom is -0.457 e. The zero-order valence-corrected chi connectivity index (χ0v) is 16.7. The third-order valence-electron chi connectivity index (χ3n) is 5.13. The number of benzene rings is 1. The summed E-state index contributed by atoms with van der Waals surface area (Å²) in [5.41, 5.74) is 5.75. The van der Waals surface area contributed by atoms with Gasteiger partial charge in [-0.2, -0.15) is 4.98 Å². The molecule has 2 aliphatic rings. The molecule has 4 rings (SSSR count). The lowest BCUT2D eigenvalue weighted by Gasteiger charge is -2.28. The summed E-state index contributed by atoms with van der Waals surface area (Å²) < 4.78 is 11.3. The van der Waals surface area contributed by atoms with Crippen LogP contribution < -0.4 is 5.73 Å². The fraction of sp³-hybridized carbons (Fsp3) is 0.318. The first-order chi connectivity index (χ1) is 13.6. The Kier molecular flexibility index (Phi) is 3.88. The maximum absolute atomic E-state index is 13.8. The lowest BCUT2D eigenvalue weighted by atomic mass is 9.74. The number of anilines is 1. The number of aromatic nitrogens is 1. The number of carbonyl (C=O) groups is 2. The van der Waals surface area contributed by atoms with Crippen LogP contribution >= 0.6 is 0 Å². The van der Waals surface area contributed by atoms with Gasteiger partial charge in [-0.1, -0.05) is 30.2 Å². The van der Waals surface area contributed by atoms with Gasteiger partial charge >= 0.3 is 5.97 Å². The van der Waals surface area contributed by atoms with Crippen LogP contribution in [0.4, 0.5) is 6.01 Å². The molecule has 0 unspecified atom stereocenters. The van der Waals surface area contributed by atoms with E-state index in [1.807, 2.05) is 12.1 Å². The second-order valence-electron chi connectivity index (χ2n) is 8.08. The van der Waals surface area contributed by atoms with Crippen LogP contribution in [0.3, 0.4) is 0 Å². The number of fused-ring (bicyclic) bond motifs is 5. The van der Waals surface area contributed by atoms with Crippen LogP contribution in [0.5, 0.6) is 0 Å². The van der Waals surface area contributed by atoms with E-state index >= 15 is 0 Å². The minimum absolute atomic E-state index is 0.0174. The molecule has 1 aromatic heterocycles. The number of hydrogen-bond donors (Lipinski definition) is 1. The predicted molar refractivity (Wildman–Crippen MR) is 106 cm³/mol. The first-order valence-corrected chi connectivity index (χ1v) is 9.19. The molecule has 0 saturated carbocycles. The lowest BCUT2D eigenvalue weighted by molar-refractivity contribution is -0.151. The summed E-state index contributed by atoms with van der Waals surface area (Å²) in [5, 5.41) is 0. The summed E-state index contributed by atoms with van der Waals surface area (Å²) in [4.78, 5) is 32.9. The second kappa shape index (κ2) is 5.98. The first-order valence-electron chi connectivity index (χ1n) is 9.19. The van der Waals surface area contributed by atoms with E-state index in [2.05, 4.69) is 10.9 Å². The molecule has 1 amide bonds. The third-order valence-corrected chi connectivity index (χ3v) is 5.13. The average Bonchev–Trinajstić information content (AvgIpc) is 3.20. The molecule has 148 valence electrons. The van der Waals surface area contributed by atoms with Crippen LogP contribution in [-0.4, -0.2) is 33.9 Å². The van der Waals surface area contributed by atoms with E-state index in [1.165, 1.54) is 4.90 Å². The molecule has 1 spiro atoms. The van der Waals surface area contributed by atoms with Gasteiger partial charge < -0.3 is 19.8 Å². The molecular weight excluding hydrogens is 370 g/mol. The highest BCUT2D eigenvalue weighted by atomic mass is 16.6. The van der Waals surface area contributed by atoms with Crippen molar-refractivity contribution in [3.05, 3.63) is 46.8 Å². The van der Waals surface area contributed by atoms with Crippen molar-refractivity contribution in [1.82, 2.24) is 9.88 Å². The number of oxazole rings is 1. The summed E-state index contributed by atoms with van der Waals surface area (Å²) in [6.07, 6.45) is 5.50. The summed E-state index contributed by atoms with van der Waals surface area (Å²) in [7, 11) is 0. The number of ether oxygens (including phenoxy) is 1. The van der Waals surface area contributed by atoms with Crippen LogP contribution in [0.25, 0.3) is 11.3 Å². The molecule has 0 radical (unpaired) electrons. The first kappa shape index (κ1) is 18.8. The van der Waals surface area contributed by atoms with Gasteiger partial charge in [0.05, 0.1) is 12.1 Å². The Labute approximate surface area is 168 Å². The van der Waals surface area contributed by atoms with Crippen molar-refractivity contribution in [1.29, 1.82) is 0 Å². The van der Waals surface area contributed by atoms with E-state index in [0.717, 1.165) is 0 Å². The SMILES string of the molecule is C#CCN1C(=O)[C@@]2(C(C(=O)OC(C)(C)C)=C1C)c1ccccc1-c1oc(N)nc12. The fourth-order valence-corrected chi connectivity index (χ4v) is 4.16. The Morgan fingerprint density at radius 2 is 2.07 bits per heavy atom. The van der Waals surface area contributed by atoms with Gasteiger partial charge in [-0.15, -0.1) is 6.42 Å². The quantitative estimate of drug-likeness (QED) is 0.624. The molecule has 1 aliphatic heterocycles. The van der Waals surface area contributed by atoms with Gasteiger partial charge in [-0.3, -0.25) is 4.79 Å². The van der Waals surface area contributed by atoms with Crippen LogP contribution in [0, 0.1) is 12.3 Å². The van der Waals surface area contributed by atoms with Crippen LogP contribution in [-0.2, 0) is 19.7 Å². The summed E-state index contributed by atoms with van der Waals surface area (Å²) in [5.74, 6) is 1.89. The van der Waals surface area contributed by atoms with E-state index in [4.69, 9.17) is 21.3 Å². The Morgan fingerprint density at radius 3 is 2.72 bits per heavy atom. The zero-order chi connectivity index (χ0) is 21.1. The van der Waals surface area contributed by atoms with Crippen LogP contribution in [0.2, 0.25) is 0 Å². The Hall–Kier alpha value is -3.53. The van der Waals surface area contributed by atoms with Crippen molar-refractivity contribution in [2.45, 2.75) is 38.7 Å².